The topological polar surface area (TPSA) is 141 Å². The molecule has 0 bridgehead atoms. The number of halogens is 1. The molecular formula is C24H25FN6O4. The number of rotatable bonds is 5. The van der Waals surface area contributed by atoms with Gasteiger partial charge in [-0.15, -0.1) is 0 Å². The molecule has 0 saturated carbocycles. The lowest BCUT2D eigenvalue weighted by Gasteiger charge is -2.34. The number of carboxylic acid groups (broad SMARTS) is 1. The van der Waals surface area contributed by atoms with Gasteiger partial charge in [0.25, 0.3) is 5.56 Å². The molecule has 4 aromatic rings. The standard InChI is InChI=1S/C24H25FN6O4/c1-12(24(33)34)35-17-11-13(31-8-6-30(2)7-9-31)10-16-21(17)29-22(27-16)19-20(26)18-14(25)4-3-5-15(18)28-23(19)32/h3-5,10-12H,6-9H2,1-2H3,(H,27,29)(H,33,34)(H3,26,28,32). The van der Waals surface area contributed by atoms with Gasteiger partial charge in [0.15, 0.2) is 11.9 Å². The fourth-order valence-electron chi connectivity index (χ4n) is 4.34. The van der Waals surface area contributed by atoms with E-state index < -0.39 is 23.4 Å². The molecule has 0 spiro atoms. The van der Waals surface area contributed by atoms with Crippen molar-refractivity contribution in [3.63, 3.8) is 0 Å². The van der Waals surface area contributed by atoms with Crippen LogP contribution < -0.4 is 20.9 Å². The number of aromatic nitrogens is 3. The van der Waals surface area contributed by atoms with Gasteiger partial charge in [0.05, 0.1) is 22.1 Å². The number of imidazole rings is 1. The number of pyridine rings is 1. The largest absolute Gasteiger partial charge is 0.479 e. The number of hydrogen-bond donors (Lipinski definition) is 4. The van der Waals surface area contributed by atoms with Gasteiger partial charge in [-0.25, -0.2) is 14.2 Å². The molecule has 5 rings (SSSR count). The maximum absolute atomic E-state index is 14.5. The minimum Gasteiger partial charge on any atom is -0.479 e. The predicted molar refractivity (Wildman–Crippen MR) is 131 cm³/mol. The molecule has 1 aliphatic heterocycles. The zero-order valence-corrected chi connectivity index (χ0v) is 19.3. The summed E-state index contributed by atoms with van der Waals surface area (Å²) in [7, 11) is 2.05. The van der Waals surface area contributed by atoms with Crippen LogP contribution in [0, 0.1) is 5.82 Å². The molecule has 11 heteroatoms. The number of anilines is 2. The Kier molecular flexibility index (Phi) is 5.56. The Morgan fingerprint density at radius 2 is 1.94 bits per heavy atom. The highest BCUT2D eigenvalue weighted by Gasteiger charge is 2.23. The number of fused-ring (bicyclic) bond motifs is 2. The van der Waals surface area contributed by atoms with Crippen LogP contribution in [0.5, 0.6) is 5.75 Å². The minimum atomic E-state index is -1.12. The molecule has 0 amide bonds. The van der Waals surface area contributed by atoms with E-state index >= 15 is 0 Å². The first-order chi connectivity index (χ1) is 16.7. The van der Waals surface area contributed by atoms with Gasteiger partial charge in [0.2, 0.25) is 0 Å². The second-order valence-corrected chi connectivity index (χ2v) is 8.72. The van der Waals surface area contributed by atoms with Crippen molar-refractivity contribution in [3.05, 3.63) is 46.5 Å². The number of likely N-dealkylation sites (N-methyl/N-ethyl adjacent to an activating group) is 1. The Labute approximate surface area is 199 Å². The Bertz CT molecular complexity index is 1510. The molecule has 0 radical (unpaired) electrons. The van der Waals surface area contributed by atoms with Crippen LogP contribution in [0.25, 0.3) is 33.3 Å². The maximum Gasteiger partial charge on any atom is 0.344 e. The van der Waals surface area contributed by atoms with Crippen LogP contribution in [0.1, 0.15) is 6.92 Å². The molecule has 1 unspecified atom stereocenters. The van der Waals surface area contributed by atoms with Crippen molar-refractivity contribution < 1.29 is 19.0 Å². The van der Waals surface area contributed by atoms with E-state index in [1.54, 1.807) is 12.1 Å². The molecule has 2 aromatic heterocycles. The van der Waals surface area contributed by atoms with Crippen molar-refractivity contribution in [2.24, 2.45) is 0 Å². The van der Waals surface area contributed by atoms with E-state index in [9.17, 15) is 19.1 Å². The van der Waals surface area contributed by atoms with E-state index in [4.69, 9.17) is 10.5 Å². The van der Waals surface area contributed by atoms with Crippen LogP contribution in [-0.4, -0.2) is 70.3 Å². The molecule has 35 heavy (non-hydrogen) atoms. The van der Waals surface area contributed by atoms with Gasteiger partial charge in [0, 0.05) is 37.9 Å². The van der Waals surface area contributed by atoms with E-state index in [1.807, 2.05) is 6.07 Å². The second-order valence-electron chi connectivity index (χ2n) is 8.72. The average Bonchev–Trinajstić information content (AvgIpc) is 3.23. The van der Waals surface area contributed by atoms with Crippen molar-refractivity contribution in [3.8, 4) is 17.1 Å². The number of nitrogens with two attached hydrogens (primary N) is 1. The van der Waals surface area contributed by atoms with Crippen molar-refractivity contribution in [1.29, 1.82) is 0 Å². The molecule has 2 aromatic carbocycles. The zero-order chi connectivity index (χ0) is 24.9. The third-order valence-corrected chi connectivity index (χ3v) is 6.32. The molecule has 3 heterocycles. The first kappa shape index (κ1) is 22.7. The number of nitrogens with one attached hydrogen (secondary N) is 2. The van der Waals surface area contributed by atoms with Crippen molar-refractivity contribution in [2.75, 3.05) is 43.9 Å². The van der Waals surface area contributed by atoms with E-state index in [1.165, 1.54) is 19.1 Å². The van der Waals surface area contributed by atoms with Crippen molar-refractivity contribution >= 4 is 39.3 Å². The van der Waals surface area contributed by atoms with Gasteiger partial charge in [-0.05, 0) is 32.2 Å². The van der Waals surface area contributed by atoms with Crippen molar-refractivity contribution in [1.82, 2.24) is 19.9 Å². The van der Waals surface area contributed by atoms with Crippen molar-refractivity contribution in [2.45, 2.75) is 13.0 Å². The highest BCUT2D eigenvalue weighted by Crippen LogP contribution is 2.35. The van der Waals surface area contributed by atoms with Gasteiger partial charge < -0.3 is 35.3 Å². The normalized spacial score (nSPS) is 15.6. The third kappa shape index (κ3) is 4.03. The number of carbonyl (C=O) groups is 1. The second kappa shape index (κ2) is 8.58. The van der Waals surface area contributed by atoms with Gasteiger partial charge in [0.1, 0.15) is 22.7 Å². The number of aliphatic carboxylic acids is 1. The molecule has 1 aliphatic rings. The van der Waals surface area contributed by atoms with Gasteiger partial charge in [-0.2, -0.15) is 0 Å². The van der Waals surface area contributed by atoms with E-state index in [0.717, 1.165) is 31.9 Å². The highest BCUT2D eigenvalue weighted by atomic mass is 19.1. The van der Waals surface area contributed by atoms with E-state index in [2.05, 4.69) is 31.8 Å². The van der Waals surface area contributed by atoms with E-state index in [-0.39, 0.29) is 33.7 Å². The lowest BCUT2D eigenvalue weighted by atomic mass is 10.1. The average molecular weight is 481 g/mol. The van der Waals surface area contributed by atoms with Crippen LogP contribution in [0.4, 0.5) is 15.8 Å². The van der Waals surface area contributed by atoms with Gasteiger partial charge >= 0.3 is 5.97 Å². The number of benzene rings is 2. The number of nitrogen functional groups attached to an aromatic ring is 1. The Balaban J connectivity index is 1.68. The van der Waals surface area contributed by atoms with Crippen LogP contribution >= 0.6 is 0 Å². The summed E-state index contributed by atoms with van der Waals surface area (Å²) in [5.74, 6) is -1.29. The molecule has 5 N–H and O–H groups in total. The summed E-state index contributed by atoms with van der Waals surface area (Å²) < 4.78 is 20.3. The Morgan fingerprint density at radius 3 is 2.66 bits per heavy atom. The van der Waals surface area contributed by atoms with Crippen LogP contribution in [-0.2, 0) is 4.79 Å². The third-order valence-electron chi connectivity index (χ3n) is 6.32. The minimum absolute atomic E-state index is 0.00261. The monoisotopic (exact) mass is 480 g/mol. The Hall–Kier alpha value is -4.12. The number of piperazine rings is 1. The highest BCUT2D eigenvalue weighted by molar-refractivity contribution is 5.99. The number of ether oxygens (including phenoxy) is 1. The number of hydrogen-bond acceptors (Lipinski definition) is 7. The smallest absolute Gasteiger partial charge is 0.344 e. The van der Waals surface area contributed by atoms with Gasteiger partial charge in [-0.1, -0.05) is 6.07 Å². The summed E-state index contributed by atoms with van der Waals surface area (Å²) in [4.78, 5) is 39.1. The van der Waals surface area contributed by atoms with Crippen LogP contribution in [0.2, 0.25) is 0 Å². The lowest BCUT2D eigenvalue weighted by Crippen LogP contribution is -2.44. The molecule has 1 saturated heterocycles. The summed E-state index contributed by atoms with van der Waals surface area (Å²) in [5, 5.41) is 9.47. The molecule has 10 nitrogen and oxygen atoms in total. The number of aromatic amines is 2. The maximum atomic E-state index is 14.5. The number of H-pyrrole nitrogens is 2. The SMILES string of the molecule is CC(Oc1cc(N2CCN(C)CC2)cc2[nH]c(-c3c(N)c4c(F)cccc4[nH]c3=O)nc12)C(=O)O. The van der Waals surface area contributed by atoms with Crippen LogP contribution in [0.15, 0.2) is 35.1 Å². The van der Waals surface area contributed by atoms with Crippen LogP contribution in [0.3, 0.4) is 0 Å². The first-order valence-corrected chi connectivity index (χ1v) is 11.2. The predicted octanol–water partition coefficient (Wildman–Crippen LogP) is 2.40. The summed E-state index contributed by atoms with van der Waals surface area (Å²) in [6.07, 6.45) is -1.12. The molecule has 182 valence electrons. The van der Waals surface area contributed by atoms with Gasteiger partial charge in [-0.3, -0.25) is 4.79 Å². The summed E-state index contributed by atoms with van der Waals surface area (Å²) in [5.41, 5.74) is 7.68. The lowest BCUT2D eigenvalue weighted by molar-refractivity contribution is -0.144. The molecule has 1 atom stereocenters. The first-order valence-electron chi connectivity index (χ1n) is 11.2. The number of carboxylic acids is 1. The molecular weight excluding hydrogens is 455 g/mol. The zero-order valence-electron chi connectivity index (χ0n) is 19.3. The van der Waals surface area contributed by atoms with E-state index in [0.29, 0.717) is 11.0 Å². The summed E-state index contributed by atoms with van der Waals surface area (Å²) >= 11 is 0. The molecule has 0 aliphatic carbocycles. The Morgan fingerprint density at radius 1 is 1.20 bits per heavy atom. The molecule has 1 fully saturated rings. The fourth-order valence-corrected chi connectivity index (χ4v) is 4.34. The fraction of sp³-hybridized carbons (Fsp3) is 0.292. The summed E-state index contributed by atoms with van der Waals surface area (Å²) in [6.45, 7) is 4.76. The number of nitrogens with zero attached hydrogens (tertiary/aromatic N) is 3. The quantitative estimate of drug-likeness (QED) is 0.341. The summed E-state index contributed by atoms with van der Waals surface area (Å²) in [6, 6.07) is 7.95.